The van der Waals surface area contributed by atoms with Crippen LogP contribution in [0.1, 0.15) is 15.9 Å². The lowest BCUT2D eigenvalue weighted by molar-refractivity contribution is 0.0827. The molecule has 0 aliphatic rings. The van der Waals surface area contributed by atoms with Crippen molar-refractivity contribution in [1.82, 2.24) is 14.9 Å². The molecular weight excluding hydrogens is 394 g/mol. The Morgan fingerprint density at radius 2 is 1.47 bits per heavy atom. The second-order valence-electron chi connectivity index (χ2n) is 8.22. The standard InChI is InChI=1S/C28H23N3O/c1-18-9-10-22(17-24(18)28(32)31(2)3)21-6-4-7-23(16-21)25-14-13-20-12-11-19-8-5-15-29-26(19)27(20)30-25/h4-17H,1-3H3. The van der Waals surface area contributed by atoms with E-state index in [0.717, 1.165) is 55.3 Å². The van der Waals surface area contributed by atoms with Crippen LogP contribution < -0.4 is 0 Å². The Labute approximate surface area is 187 Å². The van der Waals surface area contributed by atoms with Gasteiger partial charge in [0.2, 0.25) is 0 Å². The summed E-state index contributed by atoms with van der Waals surface area (Å²) in [6.45, 7) is 1.97. The molecule has 32 heavy (non-hydrogen) atoms. The van der Waals surface area contributed by atoms with Gasteiger partial charge < -0.3 is 4.90 Å². The van der Waals surface area contributed by atoms with E-state index in [0.29, 0.717) is 0 Å². The molecule has 0 aliphatic carbocycles. The number of amides is 1. The number of aromatic nitrogens is 2. The van der Waals surface area contributed by atoms with Crippen molar-refractivity contribution in [1.29, 1.82) is 0 Å². The van der Waals surface area contributed by atoms with Crippen molar-refractivity contribution >= 4 is 27.7 Å². The van der Waals surface area contributed by atoms with E-state index in [9.17, 15) is 4.79 Å². The lowest BCUT2D eigenvalue weighted by Crippen LogP contribution is -2.22. The van der Waals surface area contributed by atoms with Crippen LogP contribution >= 0.6 is 0 Å². The fourth-order valence-corrected chi connectivity index (χ4v) is 4.02. The van der Waals surface area contributed by atoms with E-state index in [2.05, 4.69) is 53.5 Å². The van der Waals surface area contributed by atoms with Gasteiger partial charge in [0.15, 0.2) is 0 Å². The first-order valence-corrected chi connectivity index (χ1v) is 10.6. The molecule has 0 atom stereocenters. The fourth-order valence-electron chi connectivity index (χ4n) is 4.02. The van der Waals surface area contributed by atoms with Crippen molar-refractivity contribution in [3.8, 4) is 22.4 Å². The third-order valence-electron chi connectivity index (χ3n) is 5.80. The first-order chi connectivity index (χ1) is 15.5. The van der Waals surface area contributed by atoms with Gasteiger partial charge in [-0.1, -0.05) is 54.6 Å². The summed E-state index contributed by atoms with van der Waals surface area (Å²) in [5, 5.41) is 2.15. The topological polar surface area (TPSA) is 46.1 Å². The van der Waals surface area contributed by atoms with E-state index in [4.69, 9.17) is 4.98 Å². The monoisotopic (exact) mass is 417 g/mol. The Hall–Kier alpha value is -4.05. The van der Waals surface area contributed by atoms with Crippen LogP contribution in [0.4, 0.5) is 0 Å². The number of aryl methyl sites for hydroxylation is 1. The number of pyridine rings is 2. The van der Waals surface area contributed by atoms with Gasteiger partial charge in [-0.2, -0.15) is 0 Å². The van der Waals surface area contributed by atoms with E-state index < -0.39 is 0 Å². The van der Waals surface area contributed by atoms with Crippen LogP contribution in [0.3, 0.4) is 0 Å². The van der Waals surface area contributed by atoms with Crippen molar-refractivity contribution in [3.05, 3.63) is 96.2 Å². The highest BCUT2D eigenvalue weighted by Crippen LogP contribution is 2.30. The van der Waals surface area contributed by atoms with E-state index in [1.54, 1.807) is 25.2 Å². The smallest absolute Gasteiger partial charge is 0.253 e. The Morgan fingerprint density at radius 3 is 2.28 bits per heavy atom. The summed E-state index contributed by atoms with van der Waals surface area (Å²) in [5.41, 5.74) is 7.49. The van der Waals surface area contributed by atoms with Gasteiger partial charge >= 0.3 is 0 Å². The number of rotatable bonds is 3. The first kappa shape index (κ1) is 19.9. The van der Waals surface area contributed by atoms with Gasteiger partial charge in [0.25, 0.3) is 5.91 Å². The van der Waals surface area contributed by atoms with Crippen LogP contribution in [0.2, 0.25) is 0 Å². The van der Waals surface area contributed by atoms with Crippen molar-refractivity contribution in [2.75, 3.05) is 14.1 Å². The average molecular weight is 418 g/mol. The fraction of sp³-hybridized carbons (Fsp3) is 0.107. The van der Waals surface area contributed by atoms with Crippen molar-refractivity contribution in [3.63, 3.8) is 0 Å². The molecule has 5 rings (SSSR count). The van der Waals surface area contributed by atoms with E-state index in [1.165, 1.54) is 0 Å². The molecule has 0 bridgehead atoms. The number of nitrogens with zero attached hydrogens (tertiary/aromatic N) is 3. The van der Waals surface area contributed by atoms with Crippen molar-refractivity contribution in [2.45, 2.75) is 6.92 Å². The summed E-state index contributed by atoms with van der Waals surface area (Å²) in [5.74, 6) is 0.0103. The minimum absolute atomic E-state index is 0.0103. The van der Waals surface area contributed by atoms with E-state index in [-0.39, 0.29) is 5.91 Å². The third kappa shape index (κ3) is 3.50. The Morgan fingerprint density at radius 1 is 0.750 bits per heavy atom. The molecule has 0 spiro atoms. The predicted molar refractivity (Wildman–Crippen MR) is 131 cm³/mol. The molecule has 0 saturated carbocycles. The Bertz CT molecular complexity index is 1490. The van der Waals surface area contributed by atoms with Gasteiger partial charge in [-0.3, -0.25) is 9.78 Å². The number of carbonyl (C=O) groups is 1. The predicted octanol–water partition coefficient (Wildman–Crippen LogP) is 6.13. The van der Waals surface area contributed by atoms with Crippen molar-refractivity contribution in [2.24, 2.45) is 0 Å². The minimum Gasteiger partial charge on any atom is -0.345 e. The number of fused-ring (bicyclic) bond motifs is 3. The quantitative estimate of drug-likeness (QED) is 0.332. The molecule has 2 heterocycles. The second kappa shape index (κ2) is 7.89. The van der Waals surface area contributed by atoms with Crippen LogP contribution in [0.25, 0.3) is 44.2 Å². The van der Waals surface area contributed by atoms with Crippen LogP contribution in [-0.2, 0) is 0 Å². The van der Waals surface area contributed by atoms with Gasteiger partial charge in [0.1, 0.15) is 0 Å². The molecule has 0 fully saturated rings. The van der Waals surface area contributed by atoms with Gasteiger partial charge in [-0.25, -0.2) is 4.98 Å². The zero-order valence-electron chi connectivity index (χ0n) is 18.3. The first-order valence-electron chi connectivity index (χ1n) is 10.6. The summed E-state index contributed by atoms with van der Waals surface area (Å²) in [7, 11) is 3.55. The molecule has 0 saturated heterocycles. The molecule has 156 valence electrons. The van der Waals surface area contributed by atoms with Crippen LogP contribution in [0, 0.1) is 6.92 Å². The molecule has 0 unspecified atom stereocenters. The highest BCUT2D eigenvalue weighted by Gasteiger charge is 2.13. The highest BCUT2D eigenvalue weighted by molar-refractivity contribution is 6.03. The molecule has 2 aromatic heterocycles. The number of carbonyl (C=O) groups excluding carboxylic acids is 1. The zero-order valence-corrected chi connectivity index (χ0v) is 18.3. The number of hydrogen-bond acceptors (Lipinski definition) is 3. The maximum absolute atomic E-state index is 12.6. The Kier molecular flexibility index (Phi) is 4.91. The number of hydrogen-bond donors (Lipinski definition) is 0. The van der Waals surface area contributed by atoms with E-state index >= 15 is 0 Å². The second-order valence-corrected chi connectivity index (χ2v) is 8.22. The molecule has 0 N–H and O–H groups in total. The zero-order chi connectivity index (χ0) is 22.2. The maximum atomic E-state index is 12.6. The van der Waals surface area contributed by atoms with Crippen LogP contribution in [0.5, 0.6) is 0 Å². The summed E-state index contributed by atoms with van der Waals surface area (Å²) in [6.07, 6.45) is 1.81. The van der Waals surface area contributed by atoms with Gasteiger partial charge in [-0.05, 0) is 47.9 Å². The molecular formula is C28H23N3O. The van der Waals surface area contributed by atoms with Crippen LogP contribution in [0.15, 0.2) is 85.1 Å². The third-order valence-corrected chi connectivity index (χ3v) is 5.80. The van der Waals surface area contributed by atoms with Gasteiger partial charge in [0, 0.05) is 42.2 Å². The van der Waals surface area contributed by atoms with Crippen LogP contribution in [-0.4, -0.2) is 34.9 Å². The molecule has 0 aliphatic heterocycles. The summed E-state index contributed by atoms with van der Waals surface area (Å²) in [6, 6.07) is 26.6. The number of benzene rings is 3. The molecule has 3 aromatic carbocycles. The highest BCUT2D eigenvalue weighted by atomic mass is 16.2. The maximum Gasteiger partial charge on any atom is 0.253 e. The lowest BCUT2D eigenvalue weighted by Gasteiger charge is -2.14. The van der Waals surface area contributed by atoms with Gasteiger partial charge in [0.05, 0.1) is 16.7 Å². The molecule has 1 amide bonds. The SMILES string of the molecule is Cc1ccc(-c2cccc(-c3ccc4ccc5cccnc5c4n3)c2)cc1C(=O)N(C)C. The average Bonchev–Trinajstić information content (AvgIpc) is 2.83. The van der Waals surface area contributed by atoms with E-state index in [1.807, 2.05) is 37.3 Å². The molecule has 0 radical (unpaired) electrons. The van der Waals surface area contributed by atoms with Crippen molar-refractivity contribution < 1.29 is 4.79 Å². The molecule has 4 heteroatoms. The molecule has 5 aromatic rings. The normalized spacial score (nSPS) is 11.1. The lowest BCUT2D eigenvalue weighted by atomic mass is 9.97. The summed E-state index contributed by atoms with van der Waals surface area (Å²) >= 11 is 0. The molecule has 4 nitrogen and oxygen atoms in total. The summed E-state index contributed by atoms with van der Waals surface area (Å²) in [4.78, 5) is 23.7. The largest absolute Gasteiger partial charge is 0.345 e. The summed E-state index contributed by atoms with van der Waals surface area (Å²) < 4.78 is 0. The Balaban J connectivity index is 1.61. The minimum atomic E-state index is 0.0103. The van der Waals surface area contributed by atoms with Gasteiger partial charge in [-0.15, -0.1) is 0 Å².